The number of hydrazine groups is 1. The van der Waals surface area contributed by atoms with Crippen molar-refractivity contribution in [2.75, 3.05) is 33.8 Å². The van der Waals surface area contributed by atoms with E-state index in [1.54, 1.807) is 41.1 Å². The molecule has 204 valence electrons. The summed E-state index contributed by atoms with van der Waals surface area (Å²) in [6.07, 6.45) is 0.512. The van der Waals surface area contributed by atoms with Crippen molar-refractivity contribution >= 4 is 17.8 Å². The van der Waals surface area contributed by atoms with Crippen LogP contribution in [0.2, 0.25) is 0 Å². The molecule has 2 saturated heterocycles. The Kier molecular flexibility index (Phi) is 8.51. The molecule has 0 aliphatic carbocycles. The first-order valence-electron chi connectivity index (χ1n) is 12.9. The quantitative estimate of drug-likeness (QED) is 0.573. The summed E-state index contributed by atoms with van der Waals surface area (Å²) in [6.45, 7) is 4.92. The molecule has 0 radical (unpaired) electrons. The summed E-state index contributed by atoms with van der Waals surface area (Å²) in [5.74, 6) is 0.338. The number of rotatable bonds is 8. The van der Waals surface area contributed by atoms with Crippen LogP contribution in [0.15, 0.2) is 48.5 Å². The molecular weight excluding hydrogens is 489 g/mol. The summed E-state index contributed by atoms with van der Waals surface area (Å²) in [6, 6.07) is 12.6. The molecule has 38 heavy (non-hydrogen) atoms. The average Bonchev–Trinajstić information content (AvgIpc) is 2.89. The van der Waals surface area contributed by atoms with Gasteiger partial charge >= 0.3 is 6.03 Å². The molecule has 2 aliphatic heterocycles. The Labute approximate surface area is 223 Å². The van der Waals surface area contributed by atoms with Crippen LogP contribution >= 0.6 is 0 Å². The van der Waals surface area contributed by atoms with Crippen LogP contribution in [0.4, 0.5) is 9.18 Å². The van der Waals surface area contributed by atoms with Crippen LogP contribution < -0.4 is 10.1 Å². The van der Waals surface area contributed by atoms with E-state index in [4.69, 9.17) is 4.74 Å². The van der Waals surface area contributed by atoms with Crippen LogP contribution in [0.5, 0.6) is 5.75 Å². The number of carbonyl (C=O) groups is 3. The van der Waals surface area contributed by atoms with Gasteiger partial charge in [0.15, 0.2) is 0 Å². The van der Waals surface area contributed by atoms with Gasteiger partial charge in [-0.2, -0.15) is 0 Å². The molecule has 2 aliphatic rings. The molecule has 0 bridgehead atoms. The Hall–Kier alpha value is -3.66. The van der Waals surface area contributed by atoms with Gasteiger partial charge in [-0.25, -0.2) is 19.2 Å². The fourth-order valence-corrected chi connectivity index (χ4v) is 5.10. The minimum atomic E-state index is -0.641. The van der Waals surface area contributed by atoms with Gasteiger partial charge in [0, 0.05) is 20.1 Å². The number of carbonyl (C=O) groups excluding carboxylic acids is 3. The maximum absolute atomic E-state index is 13.6. The van der Waals surface area contributed by atoms with Crippen molar-refractivity contribution in [3.63, 3.8) is 0 Å². The van der Waals surface area contributed by atoms with E-state index in [9.17, 15) is 18.8 Å². The zero-order chi connectivity index (χ0) is 27.4. The second-order valence-electron chi connectivity index (χ2n) is 10.3. The molecule has 9 nitrogen and oxygen atoms in total. The number of fused-ring (bicyclic) bond motifs is 1. The first kappa shape index (κ1) is 27.4. The smallest absolute Gasteiger partial charge is 0.334 e. The van der Waals surface area contributed by atoms with Gasteiger partial charge in [-0.05, 0) is 54.2 Å². The number of methoxy groups -OCH3 is 1. The molecule has 0 unspecified atom stereocenters. The van der Waals surface area contributed by atoms with Crippen LogP contribution in [0.3, 0.4) is 0 Å². The molecule has 2 heterocycles. The number of hydrogen-bond donors (Lipinski definition) is 1. The van der Waals surface area contributed by atoms with Gasteiger partial charge in [-0.15, -0.1) is 0 Å². The molecule has 0 saturated carbocycles. The van der Waals surface area contributed by atoms with Crippen molar-refractivity contribution in [3.8, 4) is 5.75 Å². The van der Waals surface area contributed by atoms with Gasteiger partial charge in [0.25, 0.3) is 0 Å². The predicted octanol–water partition coefficient (Wildman–Crippen LogP) is 2.86. The largest absolute Gasteiger partial charge is 0.497 e. The monoisotopic (exact) mass is 525 g/mol. The highest BCUT2D eigenvalue weighted by Crippen LogP contribution is 2.29. The average molecular weight is 526 g/mol. The summed E-state index contributed by atoms with van der Waals surface area (Å²) >= 11 is 0. The highest BCUT2D eigenvalue weighted by atomic mass is 19.1. The van der Waals surface area contributed by atoms with E-state index in [1.165, 1.54) is 17.1 Å². The first-order chi connectivity index (χ1) is 18.2. The summed E-state index contributed by atoms with van der Waals surface area (Å²) in [7, 11) is 3.31. The second kappa shape index (κ2) is 11.8. The maximum atomic E-state index is 13.6. The highest BCUT2D eigenvalue weighted by molar-refractivity contribution is 5.91. The zero-order valence-corrected chi connectivity index (χ0v) is 22.4. The van der Waals surface area contributed by atoms with Crippen LogP contribution in [-0.4, -0.2) is 83.7 Å². The number of hydrogen-bond acceptors (Lipinski definition) is 5. The number of halogens is 1. The molecular formula is C28H36FN5O4. The summed E-state index contributed by atoms with van der Waals surface area (Å²) in [5, 5.41) is 6.02. The van der Waals surface area contributed by atoms with Gasteiger partial charge < -0.3 is 19.9 Å². The maximum Gasteiger partial charge on any atom is 0.334 e. The van der Waals surface area contributed by atoms with E-state index in [0.29, 0.717) is 19.4 Å². The lowest BCUT2D eigenvalue weighted by Crippen LogP contribution is -2.76. The predicted molar refractivity (Wildman–Crippen MR) is 140 cm³/mol. The lowest BCUT2D eigenvalue weighted by Gasteiger charge is -2.54. The molecule has 4 amide bonds. The van der Waals surface area contributed by atoms with E-state index in [1.807, 2.05) is 38.1 Å². The molecule has 2 aromatic rings. The standard InChI is InChI=1S/C28H36FN5O4/c1-19(2)15-24-27(36)32(14-13-20-7-11-23(38-4)12-8-20)17-25-33(24)26(35)18-31(3)34(25)28(37)30-16-21-5-9-22(29)10-6-21/h5-12,19,24-25H,13-18H2,1-4H3,(H,30,37)/t24-,25-/m0/s1. The molecule has 4 rings (SSSR count). The molecule has 1 N–H and O–H groups in total. The van der Waals surface area contributed by atoms with E-state index in [-0.39, 0.29) is 49.2 Å². The molecule has 2 aromatic carbocycles. The summed E-state index contributed by atoms with van der Waals surface area (Å²) in [5.41, 5.74) is 1.82. The Balaban J connectivity index is 1.54. The molecule has 2 atom stereocenters. The second-order valence-corrected chi connectivity index (χ2v) is 10.3. The fourth-order valence-electron chi connectivity index (χ4n) is 5.10. The minimum Gasteiger partial charge on any atom is -0.497 e. The number of urea groups is 1. The normalized spacial score (nSPS) is 20.1. The van der Waals surface area contributed by atoms with Gasteiger partial charge in [-0.3, -0.25) is 9.59 Å². The highest BCUT2D eigenvalue weighted by Gasteiger charge is 2.50. The SMILES string of the molecule is COc1ccc(CCN2C[C@H]3N(C(=O)CN(C)N3C(=O)NCc3ccc(F)cc3)[C@@H](CC(C)C)C2=O)cc1. The molecule has 0 aromatic heterocycles. The van der Waals surface area contributed by atoms with E-state index >= 15 is 0 Å². The van der Waals surface area contributed by atoms with Gasteiger partial charge in [0.1, 0.15) is 23.8 Å². The topological polar surface area (TPSA) is 85.4 Å². The summed E-state index contributed by atoms with van der Waals surface area (Å²) < 4.78 is 18.5. The minimum absolute atomic E-state index is 0.00576. The van der Waals surface area contributed by atoms with Crippen molar-refractivity contribution in [2.45, 2.75) is 45.4 Å². The third kappa shape index (κ3) is 6.07. The van der Waals surface area contributed by atoms with Crippen molar-refractivity contribution in [2.24, 2.45) is 5.92 Å². The molecule has 0 spiro atoms. The number of ether oxygens (including phenoxy) is 1. The number of piperazine rings is 1. The third-order valence-electron chi connectivity index (χ3n) is 7.03. The van der Waals surface area contributed by atoms with E-state index < -0.39 is 12.2 Å². The Morgan fingerprint density at radius 1 is 1.08 bits per heavy atom. The van der Waals surface area contributed by atoms with Crippen molar-refractivity contribution in [1.29, 1.82) is 0 Å². The number of amides is 4. The lowest BCUT2D eigenvalue weighted by molar-refractivity contribution is -0.187. The van der Waals surface area contributed by atoms with Crippen LogP contribution in [0.25, 0.3) is 0 Å². The lowest BCUT2D eigenvalue weighted by atomic mass is 9.96. The Bertz CT molecular complexity index is 1140. The zero-order valence-electron chi connectivity index (χ0n) is 22.4. The molecule has 10 heteroatoms. The first-order valence-corrected chi connectivity index (χ1v) is 12.9. The summed E-state index contributed by atoms with van der Waals surface area (Å²) in [4.78, 5) is 43.6. The number of nitrogens with one attached hydrogen (secondary N) is 1. The number of nitrogens with zero attached hydrogens (tertiary/aromatic N) is 4. The van der Waals surface area contributed by atoms with Gasteiger partial charge in [0.05, 0.1) is 20.2 Å². The van der Waals surface area contributed by atoms with E-state index in [0.717, 1.165) is 16.9 Å². The van der Waals surface area contributed by atoms with Gasteiger partial charge in [0.2, 0.25) is 11.8 Å². The van der Waals surface area contributed by atoms with Crippen molar-refractivity contribution in [3.05, 3.63) is 65.5 Å². The van der Waals surface area contributed by atoms with Crippen molar-refractivity contribution < 1.29 is 23.5 Å². The van der Waals surface area contributed by atoms with Gasteiger partial charge in [-0.1, -0.05) is 38.1 Å². The van der Waals surface area contributed by atoms with E-state index in [2.05, 4.69) is 5.32 Å². The van der Waals surface area contributed by atoms with Crippen LogP contribution in [0, 0.1) is 11.7 Å². The third-order valence-corrected chi connectivity index (χ3v) is 7.03. The molecule has 2 fully saturated rings. The Morgan fingerprint density at radius 2 is 1.74 bits per heavy atom. The number of benzene rings is 2. The fraction of sp³-hybridized carbons (Fsp3) is 0.464. The number of likely N-dealkylation sites (N-methyl/N-ethyl adjacent to an activating group) is 1. The Morgan fingerprint density at radius 3 is 2.37 bits per heavy atom. The van der Waals surface area contributed by atoms with Crippen LogP contribution in [-0.2, 0) is 22.6 Å². The van der Waals surface area contributed by atoms with Crippen molar-refractivity contribution in [1.82, 2.24) is 25.1 Å². The van der Waals surface area contributed by atoms with Crippen LogP contribution in [0.1, 0.15) is 31.4 Å².